The maximum Gasteiger partial charge on any atom is 0.251 e. The number of benzene rings is 1. The zero-order chi connectivity index (χ0) is 10.4. The normalized spacial score (nSPS) is 9.86. The van der Waals surface area contributed by atoms with E-state index in [-0.39, 0.29) is 12.5 Å². The monoisotopic (exact) mass is 211 g/mol. The highest BCUT2D eigenvalue weighted by molar-refractivity contribution is 7.80. The highest BCUT2D eigenvalue weighted by Gasteiger charge is 2.03. The van der Waals surface area contributed by atoms with E-state index in [9.17, 15) is 4.79 Å². The quantitative estimate of drug-likeness (QED) is 0.516. The first-order valence-corrected chi connectivity index (χ1v) is 4.87. The van der Waals surface area contributed by atoms with E-state index in [0.29, 0.717) is 18.5 Å². The highest BCUT2D eigenvalue weighted by Crippen LogP contribution is 2.08. The first-order valence-electron chi connectivity index (χ1n) is 4.42. The molecular formula is C10H13NO2S. The smallest absolute Gasteiger partial charge is 0.251 e. The summed E-state index contributed by atoms with van der Waals surface area (Å²) in [6.07, 6.45) is 0.576. The molecule has 1 amide bonds. The van der Waals surface area contributed by atoms with Gasteiger partial charge in [-0.2, -0.15) is 0 Å². The van der Waals surface area contributed by atoms with E-state index in [1.807, 2.05) is 6.07 Å². The molecule has 0 fully saturated rings. The minimum Gasteiger partial charge on any atom is -0.396 e. The van der Waals surface area contributed by atoms with Gasteiger partial charge in [-0.25, -0.2) is 0 Å². The van der Waals surface area contributed by atoms with Crippen molar-refractivity contribution >= 4 is 18.5 Å². The van der Waals surface area contributed by atoms with E-state index in [1.54, 1.807) is 18.2 Å². The Labute approximate surface area is 88.6 Å². The standard InChI is InChI=1S/C10H13NO2S/c12-6-2-5-11-10(13)8-3-1-4-9(14)7-8/h1,3-4,7,12,14H,2,5-6H2,(H,11,13). The molecule has 0 aliphatic rings. The Bertz CT molecular complexity index is 315. The second kappa shape index (κ2) is 5.67. The lowest BCUT2D eigenvalue weighted by Gasteiger charge is -2.03. The summed E-state index contributed by atoms with van der Waals surface area (Å²) in [7, 11) is 0. The lowest BCUT2D eigenvalue weighted by molar-refractivity contribution is 0.0951. The van der Waals surface area contributed by atoms with Crippen molar-refractivity contribution in [1.82, 2.24) is 5.32 Å². The fraction of sp³-hybridized carbons (Fsp3) is 0.300. The number of nitrogens with one attached hydrogen (secondary N) is 1. The molecule has 0 bridgehead atoms. The SMILES string of the molecule is O=C(NCCCO)c1cccc(S)c1. The maximum atomic E-state index is 11.4. The second-order valence-electron chi connectivity index (χ2n) is 2.88. The number of amides is 1. The second-order valence-corrected chi connectivity index (χ2v) is 3.40. The molecule has 0 unspecified atom stereocenters. The van der Waals surface area contributed by atoms with Crippen LogP contribution in [0.15, 0.2) is 29.2 Å². The number of hydrogen-bond acceptors (Lipinski definition) is 3. The summed E-state index contributed by atoms with van der Waals surface area (Å²) in [4.78, 5) is 12.2. The molecule has 1 rings (SSSR count). The van der Waals surface area contributed by atoms with E-state index < -0.39 is 0 Å². The van der Waals surface area contributed by atoms with Crippen LogP contribution in [0.3, 0.4) is 0 Å². The third kappa shape index (κ3) is 3.40. The average molecular weight is 211 g/mol. The van der Waals surface area contributed by atoms with Crippen molar-refractivity contribution in [1.29, 1.82) is 0 Å². The highest BCUT2D eigenvalue weighted by atomic mass is 32.1. The van der Waals surface area contributed by atoms with Crippen LogP contribution in [0.4, 0.5) is 0 Å². The molecule has 1 aromatic rings. The van der Waals surface area contributed by atoms with Crippen LogP contribution >= 0.6 is 12.6 Å². The van der Waals surface area contributed by atoms with Gasteiger partial charge in [0.05, 0.1) is 0 Å². The zero-order valence-corrected chi connectivity index (χ0v) is 8.63. The average Bonchev–Trinajstić information content (AvgIpc) is 2.18. The molecule has 0 saturated heterocycles. The van der Waals surface area contributed by atoms with Crippen molar-refractivity contribution in [3.05, 3.63) is 29.8 Å². The Morgan fingerprint density at radius 2 is 2.29 bits per heavy atom. The van der Waals surface area contributed by atoms with Gasteiger partial charge in [0.1, 0.15) is 0 Å². The van der Waals surface area contributed by atoms with Crippen LogP contribution in [0.2, 0.25) is 0 Å². The van der Waals surface area contributed by atoms with Gasteiger partial charge < -0.3 is 10.4 Å². The van der Waals surface area contributed by atoms with Crippen LogP contribution in [0.5, 0.6) is 0 Å². The summed E-state index contributed by atoms with van der Waals surface area (Å²) >= 11 is 4.14. The van der Waals surface area contributed by atoms with Gasteiger partial charge >= 0.3 is 0 Å². The summed E-state index contributed by atoms with van der Waals surface area (Å²) in [6, 6.07) is 7.03. The van der Waals surface area contributed by atoms with Crippen LogP contribution in [0, 0.1) is 0 Å². The lowest BCUT2D eigenvalue weighted by Crippen LogP contribution is -2.24. The van der Waals surface area contributed by atoms with E-state index in [1.165, 1.54) is 0 Å². The van der Waals surface area contributed by atoms with Crippen molar-refractivity contribution in [2.75, 3.05) is 13.2 Å². The molecule has 0 aliphatic heterocycles. The Balaban J connectivity index is 2.52. The molecule has 0 aliphatic carbocycles. The minimum atomic E-state index is -0.130. The van der Waals surface area contributed by atoms with E-state index in [2.05, 4.69) is 17.9 Å². The Hall–Kier alpha value is -1.00. The van der Waals surface area contributed by atoms with Gasteiger partial charge in [0.15, 0.2) is 0 Å². The van der Waals surface area contributed by atoms with Gasteiger partial charge in [-0.1, -0.05) is 6.07 Å². The molecule has 2 N–H and O–H groups in total. The van der Waals surface area contributed by atoms with Crippen LogP contribution in [-0.4, -0.2) is 24.2 Å². The minimum absolute atomic E-state index is 0.0902. The zero-order valence-electron chi connectivity index (χ0n) is 7.73. The molecule has 0 radical (unpaired) electrons. The van der Waals surface area contributed by atoms with E-state index >= 15 is 0 Å². The third-order valence-electron chi connectivity index (χ3n) is 1.73. The van der Waals surface area contributed by atoms with Crippen LogP contribution in [0.1, 0.15) is 16.8 Å². The Morgan fingerprint density at radius 3 is 2.93 bits per heavy atom. The number of aliphatic hydroxyl groups excluding tert-OH is 1. The van der Waals surface area contributed by atoms with Gasteiger partial charge in [-0.3, -0.25) is 4.79 Å². The van der Waals surface area contributed by atoms with Gasteiger partial charge in [0.25, 0.3) is 5.91 Å². The van der Waals surface area contributed by atoms with E-state index in [0.717, 1.165) is 4.90 Å². The number of hydrogen-bond donors (Lipinski definition) is 3. The number of carbonyl (C=O) groups excluding carboxylic acids is 1. The van der Waals surface area contributed by atoms with Crippen molar-refractivity contribution in [2.24, 2.45) is 0 Å². The first-order chi connectivity index (χ1) is 6.74. The number of thiol groups is 1. The first kappa shape index (κ1) is 11.1. The van der Waals surface area contributed by atoms with Crippen molar-refractivity contribution in [3.63, 3.8) is 0 Å². The molecule has 3 nitrogen and oxygen atoms in total. The molecule has 14 heavy (non-hydrogen) atoms. The van der Waals surface area contributed by atoms with Gasteiger partial charge in [0, 0.05) is 23.6 Å². The maximum absolute atomic E-state index is 11.4. The summed E-state index contributed by atoms with van der Waals surface area (Å²) in [5.74, 6) is -0.130. The summed E-state index contributed by atoms with van der Waals surface area (Å²) < 4.78 is 0. The van der Waals surface area contributed by atoms with Gasteiger partial charge in [0.2, 0.25) is 0 Å². The lowest BCUT2D eigenvalue weighted by atomic mass is 10.2. The Morgan fingerprint density at radius 1 is 1.50 bits per heavy atom. The summed E-state index contributed by atoms with van der Waals surface area (Å²) in [6.45, 7) is 0.582. The molecule has 0 aromatic heterocycles. The Kier molecular flexibility index (Phi) is 4.49. The van der Waals surface area contributed by atoms with Gasteiger partial charge in [-0.05, 0) is 24.6 Å². The van der Waals surface area contributed by atoms with Gasteiger partial charge in [-0.15, -0.1) is 12.6 Å². The summed E-state index contributed by atoms with van der Waals surface area (Å²) in [5, 5.41) is 11.2. The number of carbonyl (C=O) groups is 1. The van der Waals surface area contributed by atoms with Crippen molar-refractivity contribution in [3.8, 4) is 0 Å². The predicted octanol–water partition coefficient (Wildman–Crippen LogP) is 1.09. The topological polar surface area (TPSA) is 49.3 Å². The fourth-order valence-corrected chi connectivity index (χ4v) is 1.26. The number of aliphatic hydroxyl groups is 1. The third-order valence-corrected chi connectivity index (χ3v) is 2.01. The van der Waals surface area contributed by atoms with Crippen LogP contribution in [0.25, 0.3) is 0 Å². The van der Waals surface area contributed by atoms with Crippen molar-refractivity contribution < 1.29 is 9.90 Å². The molecule has 0 spiro atoms. The predicted molar refractivity (Wildman–Crippen MR) is 57.7 cm³/mol. The molecule has 76 valence electrons. The van der Waals surface area contributed by atoms with E-state index in [4.69, 9.17) is 5.11 Å². The van der Waals surface area contributed by atoms with Crippen molar-refractivity contribution in [2.45, 2.75) is 11.3 Å². The largest absolute Gasteiger partial charge is 0.396 e. The number of rotatable bonds is 4. The molecule has 0 saturated carbocycles. The fourth-order valence-electron chi connectivity index (χ4n) is 1.03. The summed E-state index contributed by atoms with van der Waals surface area (Å²) in [5.41, 5.74) is 0.593. The molecule has 1 aromatic carbocycles. The molecule has 0 atom stereocenters. The molecular weight excluding hydrogens is 198 g/mol. The molecule has 4 heteroatoms. The van der Waals surface area contributed by atoms with Crippen LogP contribution in [-0.2, 0) is 0 Å². The van der Waals surface area contributed by atoms with Crippen LogP contribution < -0.4 is 5.32 Å². The molecule has 0 heterocycles.